The van der Waals surface area contributed by atoms with Gasteiger partial charge in [0.15, 0.2) is 0 Å². The number of aliphatic hydroxyl groups is 1. The second kappa shape index (κ2) is 3.22. The molecule has 1 N–H and O–H groups in total. The van der Waals surface area contributed by atoms with Gasteiger partial charge in [-0.15, -0.1) is 6.42 Å². The van der Waals surface area contributed by atoms with E-state index in [-0.39, 0.29) is 0 Å². The molecule has 0 aromatic rings. The Hall–Kier alpha value is -0.560. The standard InChI is InChI=1S/C8H12O3/c1-3-7(9)8(10-2)4-5-11-6-8/h1,7,9H,4-6H2,2H3. The third kappa shape index (κ3) is 1.38. The minimum atomic E-state index is -0.866. The molecule has 0 amide bonds. The highest BCUT2D eigenvalue weighted by atomic mass is 16.6. The second-order valence-electron chi connectivity index (χ2n) is 2.64. The summed E-state index contributed by atoms with van der Waals surface area (Å²) >= 11 is 0. The molecular formula is C8H12O3. The average Bonchev–Trinajstić information content (AvgIpc) is 2.52. The van der Waals surface area contributed by atoms with Gasteiger partial charge in [0, 0.05) is 20.1 Å². The zero-order valence-corrected chi connectivity index (χ0v) is 6.54. The predicted octanol–water partition coefficient (Wildman–Crippen LogP) is -0.214. The summed E-state index contributed by atoms with van der Waals surface area (Å²) in [5.74, 6) is 2.25. The smallest absolute Gasteiger partial charge is 0.145 e. The van der Waals surface area contributed by atoms with E-state index in [9.17, 15) is 5.11 Å². The maximum atomic E-state index is 9.37. The molecule has 1 rings (SSSR count). The lowest BCUT2D eigenvalue weighted by atomic mass is 9.96. The second-order valence-corrected chi connectivity index (χ2v) is 2.64. The van der Waals surface area contributed by atoms with Gasteiger partial charge < -0.3 is 14.6 Å². The number of terminal acetylenes is 1. The van der Waals surface area contributed by atoms with Gasteiger partial charge in [-0.05, 0) is 0 Å². The van der Waals surface area contributed by atoms with Crippen molar-refractivity contribution in [2.75, 3.05) is 20.3 Å². The van der Waals surface area contributed by atoms with E-state index in [1.54, 1.807) is 0 Å². The number of rotatable bonds is 2. The van der Waals surface area contributed by atoms with Crippen LogP contribution >= 0.6 is 0 Å². The van der Waals surface area contributed by atoms with Crippen LogP contribution in [0.25, 0.3) is 0 Å². The highest BCUT2D eigenvalue weighted by Gasteiger charge is 2.41. The maximum absolute atomic E-state index is 9.37. The summed E-state index contributed by atoms with van der Waals surface area (Å²) in [4.78, 5) is 0. The lowest BCUT2D eigenvalue weighted by Crippen LogP contribution is -2.43. The molecule has 0 radical (unpaired) electrons. The molecule has 0 aliphatic carbocycles. The molecule has 3 heteroatoms. The average molecular weight is 156 g/mol. The van der Waals surface area contributed by atoms with Gasteiger partial charge in [-0.1, -0.05) is 5.92 Å². The Labute approximate surface area is 66.3 Å². The molecule has 0 bridgehead atoms. The van der Waals surface area contributed by atoms with E-state index in [4.69, 9.17) is 15.9 Å². The van der Waals surface area contributed by atoms with Crippen molar-refractivity contribution in [1.82, 2.24) is 0 Å². The van der Waals surface area contributed by atoms with Crippen molar-refractivity contribution >= 4 is 0 Å². The molecule has 11 heavy (non-hydrogen) atoms. The van der Waals surface area contributed by atoms with E-state index in [2.05, 4.69) is 5.92 Å². The molecule has 3 nitrogen and oxygen atoms in total. The maximum Gasteiger partial charge on any atom is 0.145 e. The Bertz CT molecular complexity index is 165. The summed E-state index contributed by atoms with van der Waals surface area (Å²) < 4.78 is 10.2. The molecule has 1 fully saturated rings. The lowest BCUT2D eigenvalue weighted by molar-refractivity contribution is -0.0807. The first kappa shape index (κ1) is 8.54. The molecule has 2 atom stereocenters. The summed E-state index contributed by atoms with van der Waals surface area (Å²) in [5.41, 5.74) is -0.658. The summed E-state index contributed by atoms with van der Waals surface area (Å²) in [5, 5.41) is 9.37. The monoisotopic (exact) mass is 156 g/mol. The number of hydrogen-bond acceptors (Lipinski definition) is 3. The van der Waals surface area contributed by atoms with Gasteiger partial charge in [-0.2, -0.15) is 0 Å². The van der Waals surface area contributed by atoms with Gasteiger partial charge in [0.05, 0.1) is 6.61 Å². The molecule has 62 valence electrons. The normalized spacial score (nSPS) is 33.2. The van der Waals surface area contributed by atoms with Gasteiger partial charge in [-0.3, -0.25) is 0 Å². The van der Waals surface area contributed by atoms with Crippen LogP contribution < -0.4 is 0 Å². The Kier molecular flexibility index (Phi) is 2.50. The molecule has 0 spiro atoms. The van der Waals surface area contributed by atoms with E-state index in [1.165, 1.54) is 7.11 Å². The van der Waals surface area contributed by atoms with Gasteiger partial charge in [0.1, 0.15) is 11.7 Å². The van der Waals surface area contributed by atoms with Crippen molar-refractivity contribution in [1.29, 1.82) is 0 Å². The van der Waals surface area contributed by atoms with Crippen molar-refractivity contribution in [2.45, 2.75) is 18.1 Å². The van der Waals surface area contributed by atoms with Crippen LogP contribution in [0.4, 0.5) is 0 Å². The van der Waals surface area contributed by atoms with Crippen LogP contribution in [-0.4, -0.2) is 37.1 Å². The summed E-state index contributed by atoms with van der Waals surface area (Å²) in [6, 6.07) is 0. The van der Waals surface area contributed by atoms with Crippen molar-refractivity contribution in [3.05, 3.63) is 0 Å². The molecule has 1 saturated heterocycles. The molecule has 0 saturated carbocycles. The van der Waals surface area contributed by atoms with Crippen LogP contribution in [0.15, 0.2) is 0 Å². The van der Waals surface area contributed by atoms with Gasteiger partial charge >= 0.3 is 0 Å². The fourth-order valence-corrected chi connectivity index (χ4v) is 1.20. The molecule has 1 heterocycles. The highest BCUT2D eigenvalue weighted by Crippen LogP contribution is 2.25. The van der Waals surface area contributed by atoms with Crippen LogP contribution in [0.1, 0.15) is 6.42 Å². The molecule has 0 aromatic heterocycles. The van der Waals surface area contributed by atoms with Crippen LogP contribution in [0, 0.1) is 12.3 Å². The fraction of sp³-hybridized carbons (Fsp3) is 0.750. The topological polar surface area (TPSA) is 38.7 Å². The zero-order chi connectivity index (χ0) is 8.32. The Morgan fingerprint density at radius 2 is 2.55 bits per heavy atom. The summed E-state index contributed by atoms with van der Waals surface area (Å²) in [6.07, 6.45) is 4.87. The number of methoxy groups -OCH3 is 1. The van der Waals surface area contributed by atoms with Gasteiger partial charge in [-0.25, -0.2) is 0 Å². The Morgan fingerprint density at radius 1 is 1.82 bits per heavy atom. The summed E-state index contributed by atoms with van der Waals surface area (Å²) in [6.45, 7) is 0.988. The Morgan fingerprint density at radius 3 is 2.91 bits per heavy atom. The van der Waals surface area contributed by atoms with Crippen LogP contribution in [0.2, 0.25) is 0 Å². The first-order valence-corrected chi connectivity index (χ1v) is 3.52. The van der Waals surface area contributed by atoms with Crippen molar-refractivity contribution < 1.29 is 14.6 Å². The van der Waals surface area contributed by atoms with Crippen LogP contribution in [-0.2, 0) is 9.47 Å². The third-order valence-corrected chi connectivity index (χ3v) is 2.08. The predicted molar refractivity (Wildman–Crippen MR) is 40.0 cm³/mol. The van der Waals surface area contributed by atoms with Crippen LogP contribution in [0.3, 0.4) is 0 Å². The number of aliphatic hydroxyl groups excluding tert-OH is 1. The van der Waals surface area contributed by atoms with Gasteiger partial charge in [0.25, 0.3) is 0 Å². The summed E-state index contributed by atoms with van der Waals surface area (Å²) in [7, 11) is 1.54. The molecular weight excluding hydrogens is 144 g/mol. The highest BCUT2D eigenvalue weighted by molar-refractivity contribution is 5.07. The first-order chi connectivity index (χ1) is 5.25. The SMILES string of the molecule is C#CC(O)C1(OC)CCOC1. The number of ether oxygens (including phenoxy) is 2. The van der Waals surface area contributed by atoms with Crippen molar-refractivity contribution in [3.63, 3.8) is 0 Å². The van der Waals surface area contributed by atoms with Crippen LogP contribution in [0.5, 0.6) is 0 Å². The molecule has 1 aliphatic rings. The lowest BCUT2D eigenvalue weighted by Gasteiger charge is -2.27. The van der Waals surface area contributed by atoms with E-state index in [0.29, 0.717) is 19.6 Å². The molecule has 1 aliphatic heterocycles. The molecule has 0 aromatic carbocycles. The van der Waals surface area contributed by atoms with Gasteiger partial charge in [0.2, 0.25) is 0 Å². The quantitative estimate of drug-likeness (QED) is 0.562. The van der Waals surface area contributed by atoms with E-state index in [1.807, 2.05) is 0 Å². The third-order valence-electron chi connectivity index (χ3n) is 2.08. The molecule has 2 unspecified atom stereocenters. The van der Waals surface area contributed by atoms with E-state index in [0.717, 1.165) is 0 Å². The largest absolute Gasteiger partial charge is 0.378 e. The minimum absolute atomic E-state index is 0.384. The minimum Gasteiger partial charge on any atom is -0.378 e. The Balaban J connectivity index is 2.68. The first-order valence-electron chi connectivity index (χ1n) is 3.52. The zero-order valence-electron chi connectivity index (χ0n) is 6.54. The number of hydrogen-bond donors (Lipinski definition) is 1. The van der Waals surface area contributed by atoms with Crippen molar-refractivity contribution in [2.24, 2.45) is 0 Å². The van der Waals surface area contributed by atoms with Crippen molar-refractivity contribution in [3.8, 4) is 12.3 Å². The fourth-order valence-electron chi connectivity index (χ4n) is 1.20. The van der Waals surface area contributed by atoms with E-state index >= 15 is 0 Å². The van der Waals surface area contributed by atoms with E-state index < -0.39 is 11.7 Å².